The third-order valence-corrected chi connectivity index (χ3v) is 7.91. The number of benzene rings is 1. The number of Topliss-reactive ketones (excluding diaryl/α,β-unsaturated/α-hetero) is 1. The van der Waals surface area contributed by atoms with Gasteiger partial charge in [0.25, 0.3) is 0 Å². The highest BCUT2D eigenvalue weighted by Crippen LogP contribution is 2.52. The average molecular weight is 475 g/mol. The first kappa shape index (κ1) is 24.1. The lowest BCUT2D eigenvalue weighted by molar-refractivity contribution is -0.118. The molecule has 1 aromatic carbocycles. The van der Waals surface area contributed by atoms with Crippen molar-refractivity contribution in [3.05, 3.63) is 51.9 Å². The number of rotatable bonds is 11. The van der Waals surface area contributed by atoms with Gasteiger partial charge in [0.2, 0.25) is 0 Å². The van der Waals surface area contributed by atoms with E-state index in [2.05, 4.69) is 66.5 Å². The van der Waals surface area contributed by atoms with Crippen molar-refractivity contribution in [3.63, 3.8) is 0 Å². The van der Waals surface area contributed by atoms with Crippen LogP contribution >= 0.6 is 0 Å². The van der Waals surface area contributed by atoms with E-state index in [-0.39, 0.29) is 11.7 Å². The van der Waals surface area contributed by atoms with Gasteiger partial charge in [-0.15, -0.1) is 5.10 Å². The lowest BCUT2D eigenvalue weighted by Gasteiger charge is -2.35. The molecule has 3 aliphatic rings. The van der Waals surface area contributed by atoms with Crippen LogP contribution in [-0.2, 0) is 11.2 Å². The fraction of sp³-hybridized carbons (Fsp3) is 0.621. The molecule has 0 radical (unpaired) electrons. The van der Waals surface area contributed by atoms with Crippen LogP contribution in [0.3, 0.4) is 0 Å². The minimum absolute atomic E-state index is 0.0323. The summed E-state index contributed by atoms with van der Waals surface area (Å²) in [4.78, 5) is 13.3. The first-order valence-electron chi connectivity index (χ1n) is 13.4. The number of carbonyl (C=O) groups excluding carboxylic acids is 1. The smallest absolute Gasteiger partial charge is 0.143 e. The summed E-state index contributed by atoms with van der Waals surface area (Å²) in [6.45, 7) is 9.30. The van der Waals surface area contributed by atoms with Crippen LogP contribution in [0.25, 0.3) is 0 Å². The lowest BCUT2D eigenvalue weighted by atomic mass is 9.69. The van der Waals surface area contributed by atoms with Gasteiger partial charge >= 0.3 is 0 Å². The highest BCUT2D eigenvalue weighted by molar-refractivity contribution is 5.89. The summed E-state index contributed by atoms with van der Waals surface area (Å²) in [6, 6.07) is 6.32. The summed E-state index contributed by atoms with van der Waals surface area (Å²) in [7, 11) is 0. The van der Waals surface area contributed by atoms with Gasteiger partial charge in [0.1, 0.15) is 18.1 Å². The highest BCUT2D eigenvalue weighted by atomic mass is 16.5. The minimum atomic E-state index is -0.0323. The molecule has 186 valence electrons. The van der Waals surface area contributed by atoms with Gasteiger partial charge in [-0.2, -0.15) is 5.11 Å². The maximum atomic E-state index is 13.3. The molecule has 5 rings (SSSR count). The van der Waals surface area contributed by atoms with Crippen molar-refractivity contribution in [2.24, 2.45) is 27.3 Å². The van der Waals surface area contributed by atoms with Crippen LogP contribution < -0.4 is 0 Å². The summed E-state index contributed by atoms with van der Waals surface area (Å²) in [5, 5.41) is 16.7. The molecule has 35 heavy (non-hydrogen) atoms. The lowest BCUT2D eigenvalue weighted by Crippen LogP contribution is -2.24. The Hall–Kier alpha value is -2.63. The van der Waals surface area contributed by atoms with Crippen molar-refractivity contribution in [2.75, 3.05) is 6.54 Å². The van der Waals surface area contributed by atoms with Crippen molar-refractivity contribution in [1.82, 2.24) is 5.16 Å². The van der Waals surface area contributed by atoms with Crippen molar-refractivity contribution >= 4 is 11.5 Å². The van der Waals surface area contributed by atoms with Crippen LogP contribution in [0.15, 0.2) is 38.2 Å². The molecule has 0 unspecified atom stereocenters. The molecule has 2 aliphatic carbocycles. The quantitative estimate of drug-likeness (QED) is 0.345. The number of hydrogen-bond acceptors (Lipinski definition) is 6. The minimum Gasteiger partial charge on any atom is -0.361 e. The molecule has 6 nitrogen and oxygen atoms in total. The largest absolute Gasteiger partial charge is 0.361 e. The average Bonchev–Trinajstić information content (AvgIpc) is 3.30. The van der Waals surface area contributed by atoms with Crippen LogP contribution in [0.5, 0.6) is 0 Å². The van der Waals surface area contributed by atoms with E-state index in [9.17, 15) is 4.79 Å². The number of aryl methyl sites for hydroxylation is 2. The second kappa shape index (κ2) is 10.2. The molecule has 6 heteroatoms. The zero-order valence-electron chi connectivity index (χ0n) is 21.6. The van der Waals surface area contributed by atoms with E-state index in [0.717, 1.165) is 34.6 Å². The Bertz CT molecular complexity index is 1140. The second-order valence-electron chi connectivity index (χ2n) is 11.6. The van der Waals surface area contributed by atoms with Crippen molar-refractivity contribution in [1.29, 1.82) is 0 Å². The Labute approximate surface area is 208 Å². The zero-order valence-corrected chi connectivity index (χ0v) is 21.6. The predicted molar refractivity (Wildman–Crippen MR) is 137 cm³/mol. The standard InChI is InChI=1S/C29H38N4O2/c1-17(2)9-20-11-24(12-20)29-27(21-7-8-21)28(32-35-29)23(13-25-16-30-33-31-25)15-26(34)14-22-6-5-18(3)10-19(22)4/h5-6,10,17,20-21,23-24H,7-9,11-16H2,1-4H3/t20?,23-,24?/m0/s1. The molecular formula is C29H38N4O2. The van der Waals surface area contributed by atoms with Crippen LogP contribution in [0.1, 0.15) is 110 Å². The highest BCUT2D eigenvalue weighted by Gasteiger charge is 2.41. The Balaban J connectivity index is 1.36. The molecule has 1 aromatic heterocycles. The van der Waals surface area contributed by atoms with Gasteiger partial charge in [-0.1, -0.05) is 42.8 Å². The topological polar surface area (TPSA) is 80.2 Å². The number of nitrogens with zero attached hydrogens (tertiary/aromatic N) is 4. The zero-order chi connectivity index (χ0) is 24.5. The van der Waals surface area contributed by atoms with E-state index in [0.29, 0.717) is 37.6 Å². The fourth-order valence-electron chi connectivity index (χ4n) is 6.00. The van der Waals surface area contributed by atoms with E-state index >= 15 is 0 Å². The molecule has 2 fully saturated rings. The molecule has 1 atom stereocenters. The first-order chi connectivity index (χ1) is 16.9. The molecule has 0 saturated heterocycles. The Kier molecular flexibility index (Phi) is 6.99. The normalized spacial score (nSPS) is 22.4. The third-order valence-electron chi connectivity index (χ3n) is 7.91. The second-order valence-corrected chi connectivity index (χ2v) is 11.6. The fourth-order valence-corrected chi connectivity index (χ4v) is 6.00. The summed E-state index contributed by atoms with van der Waals surface area (Å²) < 4.78 is 6.08. The van der Waals surface area contributed by atoms with Gasteiger partial charge in [0.15, 0.2) is 0 Å². The summed E-state index contributed by atoms with van der Waals surface area (Å²) in [6.07, 6.45) is 7.64. The molecule has 0 amide bonds. The predicted octanol–water partition coefficient (Wildman–Crippen LogP) is 7.21. The van der Waals surface area contributed by atoms with Crippen molar-refractivity contribution < 1.29 is 9.32 Å². The molecule has 1 aliphatic heterocycles. The van der Waals surface area contributed by atoms with Crippen LogP contribution in [0.2, 0.25) is 0 Å². The third kappa shape index (κ3) is 5.62. The first-order valence-corrected chi connectivity index (χ1v) is 13.4. The van der Waals surface area contributed by atoms with E-state index in [4.69, 9.17) is 4.52 Å². The molecule has 0 spiro atoms. The Morgan fingerprint density at radius 1 is 1.14 bits per heavy atom. The SMILES string of the molecule is Cc1ccc(CC(=O)C[C@H](CC2=NN=NC2)c2noc(C3CC(CC(C)C)C3)c2C2CC2)c(C)c1. The summed E-state index contributed by atoms with van der Waals surface area (Å²) >= 11 is 0. The number of ketones is 1. The molecule has 0 bridgehead atoms. The molecule has 0 N–H and O–H groups in total. The molecule has 2 aromatic rings. The van der Waals surface area contributed by atoms with Gasteiger partial charge in [-0.25, -0.2) is 0 Å². The number of carbonyl (C=O) groups is 1. The molecule has 2 saturated carbocycles. The Morgan fingerprint density at radius 3 is 2.60 bits per heavy atom. The molecular weight excluding hydrogens is 436 g/mol. The number of aromatic nitrogens is 1. The van der Waals surface area contributed by atoms with Crippen LogP contribution in [-0.4, -0.2) is 23.2 Å². The van der Waals surface area contributed by atoms with Crippen LogP contribution in [0.4, 0.5) is 0 Å². The van der Waals surface area contributed by atoms with Crippen LogP contribution in [0, 0.1) is 25.7 Å². The maximum Gasteiger partial charge on any atom is 0.143 e. The van der Waals surface area contributed by atoms with E-state index < -0.39 is 0 Å². The van der Waals surface area contributed by atoms with E-state index in [1.165, 1.54) is 48.8 Å². The van der Waals surface area contributed by atoms with Gasteiger partial charge in [0, 0.05) is 30.2 Å². The van der Waals surface area contributed by atoms with Gasteiger partial charge < -0.3 is 4.52 Å². The summed E-state index contributed by atoms with van der Waals surface area (Å²) in [5.41, 5.74) is 6.75. The van der Waals surface area contributed by atoms with E-state index in [1.54, 1.807) is 0 Å². The van der Waals surface area contributed by atoms with Gasteiger partial charge in [-0.05, 0) is 86.5 Å². The van der Waals surface area contributed by atoms with Crippen molar-refractivity contribution in [2.45, 2.75) is 96.8 Å². The maximum absolute atomic E-state index is 13.3. The van der Waals surface area contributed by atoms with Gasteiger partial charge in [0.05, 0.1) is 11.4 Å². The number of hydrogen-bond donors (Lipinski definition) is 0. The van der Waals surface area contributed by atoms with Crippen molar-refractivity contribution in [3.8, 4) is 0 Å². The van der Waals surface area contributed by atoms with E-state index in [1.807, 2.05) is 0 Å². The monoisotopic (exact) mass is 474 g/mol. The van der Waals surface area contributed by atoms with Gasteiger partial charge in [-0.3, -0.25) is 4.79 Å². The Morgan fingerprint density at radius 2 is 1.94 bits per heavy atom. The molecule has 2 heterocycles. The summed E-state index contributed by atoms with van der Waals surface area (Å²) in [5.74, 6) is 3.87.